The van der Waals surface area contributed by atoms with Crippen LogP contribution in [-0.4, -0.2) is 168 Å². The molecule has 0 bridgehead atoms. The molecule has 10 N–H and O–H groups in total. The van der Waals surface area contributed by atoms with Crippen LogP contribution in [0, 0.1) is 0 Å². The van der Waals surface area contributed by atoms with Crippen molar-refractivity contribution in [2.24, 2.45) is 0 Å². The summed E-state index contributed by atoms with van der Waals surface area (Å²) in [5, 5.41) is 45.9. The number of methoxy groups -OCH3 is 2. The second-order valence-electron chi connectivity index (χ2n) is 11.8. The monoisotopic (exact) mass is 941 g/mol. The molecule has 30 heteroatoms. The molecule has 26 nitrogen and oxygen atoms in total. The molecule has 4 aromatic rings. The van der Waals surface area contributed by atoms with E-state index in [2.05, 4.69) is 51.2 Å². The Hall–Kier alpha value is -4.47. The normalized spacial score (nSPS) is 11.6. The van der Waals surface area contributed by atoms with Crippen LogP contribution in [-0.2, 0) is 30.4 Å². The number of hydrogen-bond donors (Lipinski definition) is 10. The van der Waals surface area contributed by atoms with Crippen molar-refractivity contribution in [2.75, 3.05) is 100.0 Å². The first kappa shape index (κ1) is 53.7. The zero-order valence-corrected chi connectivity index (χ0v) is 37.9. The largest absolute Gasteiger partial charge is 1.00 e. The van der Waals surface area contributed by atoms with E-state index >= 15 is 0 Å². The average Bonchev–Trinajstić information content (AvgIpc) is 3.19. The SMILES string of the molecule is COc1nc(NCCS(=O)(=O)O)nc(Nc2ccc(C=Cc3ccc(Nc4nc(OC)nc(N(CCO)CCO)n4)cc3S(=O)(=O)[O-])c(S(=O)(=O)O)c2)n1.OCCNCCO.[Na+]. The average molecular weight is 942 g/mol. The van der Waals surface area contributed by atoms with Gasteiger partial charge in [-0.15, -0.1) is 0 Å². The molecule has 2 aromatic heterocycles. The minimum absolute atomic E-state index is 0. The summed E-state index contributed by atoms with van der Waals surface area (Å²) in [4.78, 5) is 24.4. The van der Waals surface area contributed by atoms with Crippen LogP contribution in [0.2, 0.25) is 0 Å². The van der Waals surface area contributed by atoms with Crippen LogP contribution in [0.1, 0.15) is 11.1 Å². The van der Waals surface area contributed by atoms with Crippen molar-refractivity contribution in [1.29, 1.82) is 0 Å². The number of aliphatic hydroxyl groups is 4. The van der Waals surface area contributed by atoms with Crippen LogP contribution in [0.3, 0.4) is 0 Å². The van der Waals surface area contributed by atoms with E-state index in [0.29, 0.717) is 13.1 Å². The molecular weight excluding hydrogens is 898 g/mol. The van der Waals surface area contributed by atoms with Gasteiger partial charge in [0.15, 0.2) is 0 Å². The van der Waals surface area contributed by atoms with Gasteiger partial charge < -0.3 is 60.6 Å². The predicted molar refractivity (Wildman–Crippen MR) is 217 cm³/mol. The minimum Gasteiger partial charge on any atom is -0.744 e. The van der Waals surface area contributed by atoms with Crippen molar-refractivity contribution in [3.05, 3.63) is 47.5 Å². The Balaban J connectivity index is 0.00000152. The molecule has 0 saturated carbocycles. The van der Waals surface area contributed by atoms with Crippen LogP contribution in [0.15, 0.2) is 46.2 Å². The summed E-state index contributed by atoms with van der Waals surface area (Å²) in [7, 11) is -11.8. The van der Waals surface area contributed by atoms with Crippen molar-refractivity contribution in [3.63, 3.8) is 0 Å². The quantitative estimate of drug-likeness (QED) is 0.0145. The fourth-order valence-electron chi connectivity index (χ4n) is 4.72. The van der Waals surface area contributed by atoms with Gasteiger partial charge >= 0.3 is 41.6 Å². The van der Waals surface area contributed by atoms with E-state index in [1.807, 2.05) is 0 Å². The van der Waals surface area contributed by atoms with Gasteiger partial charge in [0.2, 0.25) is 23.8 Å². The van der Waals surface area contributed by atoms with Crippen molar-refractivity contribution in [1.82, 2.24) is 35.2 Å². The minimum atomic E-state index is -5.14. The summed E-state index contributed by atoms with van der Waals surface area (Å²) in [6.07, 6.45) is 2.28. The number of nitrogens with zero attached hydrogens (tertiary/aromatic N) is 7. The van der Waals surface area contributed by atoms with Gasteiger partial charge in [-0.1, -0.05) is 24.3 Å². The first-order valence-electron chi connectivity index (χ1n) is 17.5. The fourth-order valence-corrected chi connectivity index (χ4v) is 6.49. The summed E-state index contributed by atoms with van der Waals surface area (Å²) in [5.74, 6) is -1.13. The van der Waals surface area contributed by atoms with Crippen LogP contribution < -0.4 is 65.2 Å². The molecule has 0 aliphatic rings. The summed E-state index contributed by atoms with van der Waals surface area (Å²) in [5.41, 5.74) is -0.210. The molecule has 0 aliphatic heterocycles. The zero-order valence-electron chi connectivity index (χ0n) is 33.4. The van der Waals surface area contributed by atoms with Gasteiger partial charge in [-0.05, 0) is 35.4 Å². The number of aromatic nitrogens is 6. The van der Waals surface area contributed by atoms with E-state index in [1.165, 1.54) is 43.4 Å². The van der Waals surface area contributed by atoms with E-state index in [0.717, 1.165) is 24.3 Å². The molecule has 0 amide bonds. The van der Waals surface area contributed by atoms with Gasteiger partial charge in [0.1, 0.15) is 15.0 Å². The first-order valence-corrected chi connectivity index (χ1v) is 21.9. The van der Waals surface area contributed by atoms with Gasteiger partial charge in [-0.25, -0.2) is 8.42 Å². The van der Waals surface area contributed by atoms with E-state index < -0.39 is 45.9 Å². The van der Waals surface area contributed by atoms with Crippen LogP contribution in [0.4, 0.5) is 35.2 Å². The molecule has 0 aliphatic carbocycles. The second kappa shape index (κ2) is 25.6. The molecule has 0 spiro atoms. The third-order valence-corrected chi connectivity index (χ3v) is 9.88. The number of nitrogens with one attached hydrogen (secondary N) is 4. The van der Waals surface area contributed by atoms with E-state index in [9.17, 15) is 44.6 Å². The third kappa shape index (κ3) is 18.1. The topological polar surface area (TPSA) is 394 Å². The molecule has 4 rings (SSSR count). The van der Waals surface area contributed by atoms with Crippen molar-refractivity contribution in [2.45, 2.75) is 9.79 Å². The van der Waals surface area contributed by atoms with Crippen molar-refractivity contribution >= 4 is 77.7 Å². The molecule has 2 aromatic carbocycles. The Morgan fingerprint density at radius 1 is 0.661 bits per heavy atom. The van der Waals surface area contributed by atoms with Crippen LogP contribution >= 0.6 is 0 Å². The Morgan fingerprint density at radius 2 is 1.15 bits per heavy atom. The molecule has 0 unspecified atom stereocenters. The summed E-state index contributed by atoms with van der Waals surface area (Å²) in [6, 6.07) is 6.84. The van der Waals surface area contributed by atoms with Gasteiger partial charge in [-0.3, -0.25) is 9.11 Å². The van der Waals surface area contributed by atoms with E-state index in [-0.39, 0.29) is 134 Å². The molecule has 336 valence electrons. The molecule has 0 radical (unpaired) electrons. The van der Waals surface area contributed by atoms with E-state index in [4.69, 9.17) is 24.2 Å². The van der Waals surface area contributed by atoms with Crippen LogP contribution in [0.5, 0.6) is 12.0 Å². The summed E-state index contributed by atoms with van der Waals surface area (Å²) in [6.45, 7) is 0.680. The van der Waals surface area contributed by atoms with Gasteiger partial charge in [0.05, 0.1) is 51.3 Å². The molecule has 2 heterocycles. The number of rotatable bonds is 23. The molecule has 62 heavy (non-hydrogen) atoms. The van der Waals surface area contributed by atoms with Crippen molar-refractivity contribution in [3.8, 4) is 12.0 Å². The number of anilines is 6. The Kier molecular flexibility index (Phi) is 22.2. The molecule has 0 fully saturated rings. The standard InChI is InChI=1S/C28H34N10O13S3.C4H11NO2.Na/c1-50-27-34-23(29-9-14-52(41,42)43)32-24(35-27)30-19-7-5-17(21(15-19)53(44,45)46)3-4-18-6-8-20(16-22(18)54(47,48)49)31-25-33-26(37-28(36-25)51-2)38(10-12-39)11-13-40;6-3-1-5-2-4-7;/h3-8,15-16,39-40H,9-14H2,1-2H3,(H,41,42,43)(H,44,45,46)(H,47,48,49)(H,31,33,36,37)(H2,29,30,32,34,35);5-7H,1-4H2;/q;;+1/p-1. The van der Waals surface area contributed by atoms with Crippen molar-refractivity contribution < 1.29 is 98.4 Å². The molecule has 0 atom stereocenters. The fraction of sp³-hybridized carbons (Fsp3) is 0.375. The smallest absolute Gasteiger partial charge is 0.744 e. The maximum atomic E-state index is 12.4. The first-order chi connectivity index (χ1) is 28.8. The molecule has 0 saturated heterocycles. The molecular formula is C32H44N11NaO15S3. The number of benzene rings is 2. The van der Waals surface area contributed by atoms with Gasteiger partial charge in [0, 0.05) is 44.1 Å². The summed E-state index contributed by atoms with van der Waals surface area (Å²) < 4.78 is 113. The number of aliphatic hydroxyl groups excluding tert-OH is 4. The number of ether oxygens (including phenoxy) is 2. The predicted octanol–water partition coefficient (Wildman–Crippen LogP) is -4.46. The second-order valence-corrected chi connectivity index (χ2v) is 16.1. The van der Waals surface area contributed by atoms with Gasteiger partial charge in [0.25, 0.3) is 20.2 Å². The maximum Gasteiger partial charge on any atom is 1.00 e. The Bertz CT molecular complexity index is 2430. The van der Waals surface area contributed by atoms with Gasteiger partial charge in [-0.2, -0.15) is 46.7 Å². The Labute approximate surface area is 378 Å². The van der Waals surface area contributed by atoms with Crippen LogP contribution in [0.25, 0.3) is 12.2 Å². The maximum absolute atomic E-state index is 12.4. The number of hydrogen-bond acceptors (Lipinski definition) is 24. The Morgan fingerprint density at radius 3 is 1.61 bits per heavy atom. The summed E-state index contributed by atoms with van der Waals surface area (Å²) >= 11 is 0. The van der Waals surface area contributed by atoms with E-state index in [1.54, 1.807) is 0 Å². The third-order valence-electron chi connectivity index (χ3n) is 7.36. The zero-order chi connectivity index (χ0) is 45.2.